The predicted octanol–water partition coefficient (Wildman–Crippen LogP) is 1.85. The second-order valence-electron chi connectivity index (χ2n) is 2.30. The molecule has 0 unspecified atom stereocenters. The third-order valence-corrected chi connectivity index (χ3v) is 3.50. The number of rotatable bonds is 3. The minimum absolute atomic E-state index is 0.0936. The predicted molar refractivity (Wildman–Crippen MR) is 53.0 cm³/mol. The average molecular weight is 205 g/mol. The van der Waals surface area contributed by atoms with E-state index in [1.54, 1.807) is 24.9 Å². The molecule has 0 aliphatic rings. The van der Waals surface area contributed by atoms with Gasteiger partial charge in [0, 0.05) is 18.2 Å². The molecule has 1 rings (SSSR count). The highest BCUT2D eigenvalue weighted by Gasteiger charge is 2.10. The van der Waals surface area contributed by atoms with Crippen molar-refractivity contribution < 1.29 is 10.2 Å². The normalized spacial score (nSPS) is 10.5. The molecule has 0 aromatic carbocycles. The maximum Gasteiger partial charge on any atom is 0.207 e. The summed E-state index contributed by atoms with van der Waals surface area (Å²) in [5, 5.41) is 19.5. The van der Waals surface area contributed by atoms with Crippen molar-refractivity contribution in [3.63, 3.8) is 0 Å². The summed E-state index contributed by atoms with van der Waals surface area (Å²) in [5.74, 6) is 0.225. The van der Waals surface area contributed by atoms with Crippen molar-refractivity contribution in [3.05, 3.63) is 6.07 Å². The zero-order valence-corrected chi connectivity index (χ0v) is 8.58. The second-order valence-corrected chi connectivity index (χ2v) is 4.55. The van der Waals surface area contributed by atoms with Gasteiger partial charge in [-0.15, -0.1) is 11.8 Å². The van der Waals surface area contributed by atoms with Crippen LogP contribution in [-0.2, 0) is 7.05 Å². The SMILES string of the molecule is CSCSc1cc(O)n(C)c1O. The van der Waals surface area contributed by atoms with Gasteiger partial charge in [0.1, 0.15) is 0 Å². The van der Waals surface area contributed by atoms with Crippen LogP contribution in [-0.4, -0.2) is 26.1 Å². The van der Waals surface area contributed by atoms with Crippen LogP contribution in [0.2, 0.25) is 0 Å². The first kappa shape index (κ1) is 9.67. The molecule has 68 valence electrons. The summed E-state index contributed by atoms with van der Waals surface area (Å²) < 4.78 is 1.35. The number of aromatic hydroxyl groups is 2. The van der Waals surface area contributed by atoms with Gasteiger partial charge in [-0.3, -0.25) is 4.57 Å². The van der Waals surface area contributed by atoms with Crippen molar-refractivity contribution >= 4 is 23.5 Å². The van der Waals surface area contributed by atoms with E-state index in [1.165, 1.54) is 16.3 Å². The van der Waals surface area contributed by atoms with E-state index in [0.717, 1.165) is 9.98 Å². The van der Waals surface area contributed by atoms with Crippen LogP contribution in [0.15, 0.2) is 11.0 Å². The summed E-state index contributed by atoms with van der Waals surface area (Å²) in [6.45, 7) is 0. The molecule has 0 aliphatic heterocycles. The average Bonchev–Trinajstić information content (AvgIpc) is 2.30. The molecule has 12 heavy (non-hydrogen) atoms. The molecule has 0 saturated carbocycles. The third-order valence-electron chi connectivity index (χ3n) is 1.47. The van der Waals surface area contributed by atoms with Gasteiger partial charge in [-0.1, -0.05) is 0 Å². The van der Waals surface area contributed by atoms with E-state index in [0.29, 0.717) is 0 Å². The van der Waals surface area contributed by atoms with Crippen LogP contribution in [0.1, 0.15) is 0 Å². The number of hydrogen-bond donors (Lipinski definition) is 2. The van der Waals surface area contributed by atoms with Crippen molar-refractivity contribution in [3.8, 4) is 11.8 Å². The van der Waals surface area contributed by atoms with E-state index < -0.39 is 0 Å². The first-order valence-corrected chi connectivity index (χ1v) is 5.74. The summed E-state index contributed by atoms with van der Waals surface area (Å²) in [5.41, 5.74) is 0. The van der Waals surface area contributed by atoms with Crippen LogP contribution in [0.4, 0.5) is 0 Å². The topological polar surface area (TPSA) is 45.4 Å². The minimum atomic E-state index is 0.0936. The van der Waals surface area contributed by atoms with Crippen molar-refractivity contribution in [2.24, 2.45) is 7.05 Å². The third kappa shape index (κ3) is 1.84. The van der Waals surface area contributed by atoms with Crippen LogP contribution in [0, 0.1) is 0 Å². The monoisotopic (exact) mass is 205 g/mol. The molecule has 0 fully saturated rings. The van der Waals surface area contributed by atoms with Gasteiger partial charge in [0.2, 0.25) is 5.88 Å². The minimum Gasteiger partial charge on any atom is -0.494 e. The molecule has 0 bridgehead atoms. The van der Waals surface area contributed by atoms with E-state index in [2.05, 4.69) is 0 Å². The molecule has 1 aromatic heterocycles. The number of nitrogens with zero attached hydrogens (tertiary/aromatic N) is 1. The van der Waals surface area contributed by atoms with Crippen LogP contribution >= 0.6 is 23.5 Å². The van der Waals surface area contributed by atoms with E-state index in [9.17, 15) is 10.2 Å². The first-order valence-electron chi connectivity index (χ1n) is 3.36. The van der Waals surface area contributed by atoms with Crippen molar-refractivity contribution in [1.29, 1.82) is 0 Å². The highest BCUT2D eigenvalue weighted by molar-refractivity contribution is 8.15. The quantitative estimate of drug-likeness (QED) is 0.584. The van der Waals surface area contributed by atoms with Crippen LogP contribution < -0.4 is 0 Å². The lowest BCUT2D eigenvalue weighted by Crippen LogP contribution is -1.84. The van der Waals surface area contributed by atoms with E-state index in [-0.39, 0.29) is 11.8 Å². The molecule has 5 heteroatoms. The molecule has 0 saturated heterocycles. The Morgan fingerprint density at radius 2 is 2.17 bits per heavy atom. The fraction of sp³-hybridized carbons (Fsp3) is 0.429. The molecule has 0 atom stereocenters. The van der Waals surface area contributed by atoms with Crippen LogP contribution in [0.3, 0.4) is 0 Å². The number of hydrogen-bond acceptors (Lipinski definition) is 4. The molecule has 3 nitrogen and oxygen atoms in total. The smallest absolute Gasteiger partial charge is 0.207 e. The highest BCUT2D eigenvalue weighted by Crippen LogP contribution is 2.35. The van der Waals surface area contributed by atoms with E-state index in [1.807, 2.05) is 6.26 Å². The van der Waals surface area contributed by atoms with Crippen molar-refractivity contribution in [1.82, 2.24) is 4.57 Å². The number of thioether (sulfide) groups is 2. The van der Waals surface area contributed by atoms with Crippen molar-refractivity contribution in [2.75, 3.05) is 11.3 Å². The zero-order valence-electron chi connectivity index (χ0n) is 6.94. The summed E-state index contributed by atoms with van der Waals surface area (Å²) >= 11 is 3.20. The molecule has 0 spiro atoms. The Bertz CT molecular complexity index is 273. The Morgan fingerprint density at radius 3 is 2.58 bits per heavy atom. The lowest BCUT2D eigenvalue weighted by Gasteiger charge is -1.98. The molecular formula is C7H11NO2S2. The summed E-state index contributed by atoms with van der Waals surface area (Å²) in [7, 11) is 1.62. The Hall–Kier alpha value is -0.420. The molecule has 1 aromatic rings. The largest absolute Gasteiger partial charge is 0.494 e. The van der Waals surface area contributed by atoms with E-state index >= 15 is 0 Å². The molecule has 1 heterocycles. The molecule has 0 aliphatic carbocycles. The summed E-state index contributed by atoms with van der Waals surface area (Å²) in [4.78, 5) is 0.726. The van der Waals surface area contributed by atoms with Gasteiger partial charge in [0.15, 0.2) is 5.88 Å². The summed E-state index contributed by atoms with van der Waals surface area (Å²) in [6.07, 6.45) is 1.99. The van der Waals surface area contributed by atoms with Gasteiger partial charge in [-0.2, -0.15) is 11.8 Å². The van der Waals surface area contributed by atoms with Crippen LogP contribution in [0.25, 0.3) is 0 Å². The fourth-order valence-corrected chi connectivity index (χ4v) is 2.22. The van der Waals surface area contributed by atoms with E-state index in [4.69, 9.17) is 0 Å². The molecular weight excluding hydrogens is 194 g/mol. The Labute approximate surface area is 79.8 Å². The second kappa shape index (κ2) is 4.00. The zero-order chi connectivity index (χ0) is 9.14. The van der Waals surface area contributed by atoms with Gasteiger partial charge in [-0.25, -0.2) is 0 Å². The Kier molecular flexibility index (Phi) is 3.22. The van der Waals surface area contributed by atoms with Gasteiger partial charge in [-0.05, 0) is 6.26 Å². The van der Waals surface area contributed by atoms with Gasteiger partial charge in [0.25, 0.3) is 0 Å². The maximum absolute atomic E-state index is 9.42. The molecule has 0 radical (unpaired) electrons. The Balaban J connectivity index is 2.79. The lowest BCUT2D eigenvalue weighted by atomic mass is 10.6. The van der Waals surface area contributed by atoms with Gasteiger partial charge >= 0.3 is 0 Å². The van der Waals surface area contributed by atoms with Gasteiger partial charge in [0.05, 0.1) is 4.90 Å². The highest BCUT2D eigenvalue weighted by atomic mass is 32.2. The Morgan fingerprint density at radius 1 is 1.50 bits per heavy atom. The lowest BCUT2D eigenvalue weighted by molar-refractivity contribution is 0.383. The van der Waals surface area contributed by atoms with Crippen molar-refractivity contribution in [2.45, 2.75) is 4.90 Å². The maximum atomic E-state index is 9.42. The standard InChI is InChI=1S/C7H11NO2S2/c1-8-6(9)3-5(7(8)10)12-4-11-2/h3,9-10H,4H2,1-2H3. The first-order chi connectivity index (χ1) is 5.66. The molecule has 2 N–H and O–H groups in total. The summed E-state index contributed by atoms with van der Waals surface area (Å²) in [6, 6.07) is 1.57. The fourth-order valence-electron chi connectivity index (χ4n) is 0.781. The van der Waals surface area contributed by atoms with Crippen LogP contribution in [0.5, 0.6) is 11.8 Å². The van der Waals surface area contributed by atoms with Gasteiger partial charge < -0.3 is 10.2 Å². The number of aromatic nitrogens is 1. The molecule has 0 amide bonds.